The van der Waals surface area contributed by atoms with Crippen LogP contribution in [0.3, 0.4) is 0 Å². The van der Waals surface area contributed by atoms with Gasteiger partial charge in [0, 0.05) is 20.0 Å². The first-order chi connectivity index (χ1) is 13.2. The first-order valence-corrected chi connectivity index (χ1v) is 9.74. The zero-order valence-corrected chi connectivity index (χ0v) is 17.2. The standard InChI is InChI=1S/C21H31N3O4/c1-21(2,3)28-20(27)23-17(14-15-10-6-5-7-11-15)18(25)22-16-12-8-9-13-24(4)19(16)26/h5-7,10-11,16-17H,8-9,12-14H2,1-4H3,(H,22,25)(H,23,27). The lowest BCUT2D eigenvalue weighted by atomic mass is 10.0. The highest BCUT2D eigenvalue weighted by Crippen LogP contribution is 2.12. The van der Waals surface area contributed by atoms with Gasteiger partial charge in [0.2, 0.25) is 11.8 Å². The van der Waals surface area contributed by atoms with Crippen LogP contribution in [-0.2, 0) is 20.7 Å². The van der Waals surface area contributed by atoms with Gasteiger partial charge in [0.05, 0.1) is 0 Å². The third-order valence-electron chi connectivity index (χ3n) is 4.52. The molecule has 0 aliphatic carbocycles. The molecule has 0 saturated carbocycles. The monoisotopic (exact) mass is 389 g/mol. The van der Waals surface area contributed by atoms with Gasteiger partial charge in [-0.1, -0.05) is 30.3 Å². The molecule has 28 heavy (non-hydrogen) atoms. The lowest BCUT2D eigenvalue weighted by Gasteiger charge is -2.26. The van der Waals surface area contributed by atoms with Gasteiger partial charge in [-0.15, -0.1) is 0 Å². The molecule has 3 amide bonds. The minimum absolute atomic E-state index is 0.0958. The van der Waals surface area contributed by atoms with Crippen LogP contribution in [-0.4, -0.2) is 54.1 Å². The van der Waals surface area contributed by atoms with Crippen LogP contribution in [0.5, 0.6) is 0 Å². The largest absolute Gasteiger partial charge is 0.444 e. The van der Waals surface area contributed by atoms with Gasteiger partial charge in [0.25, 0.3) is 0 Å². The minimum Gasteiger partial charge on any atom is -0.444 e. The lowest BCUT2D eigenvalue weighted by molar-refractivity contribution is -0.135. The summed E-state index contributed by atoms with van der Waals surface area (Å²) in [4.78, 5) is 39.3. The van der Waals surface area contributed by atoms with E-state index in [2.05, 4.69) is 10.6 Å². The fourth-order valence-corrected chi connectivity index (χ4v) is 3.11. The Morgan fingerprint density at radius 1 is 1.21 bits per heavy atom. The molecule has 0 radical (unpaired) electrons. The molecule has 7 nitrogen and oxygen atoms in total. The Morgan fingerprint density at radius 2 is 1.89 bits per heavy atom. The number of rotatable bonds is 5. The molecule has 154 valence electrons. The highest BCUT2D eigenvalue weighted by Gasteiger charge is 2.30. The molecule has 2 N–H and O–H groups in total. The Labute approximate surface area is 166 Å². The van der Waals surface area contributed by atoms with Gasteiger partial charge in [-0.3, -0.25) is 9.59 Å². The number of nitrogens with zero attached hydrogens (tertiary/aromatic N) is 1. The van der Waals surface area contributed by atoms with Crippen LogP contribution in [0.2, 0.25) is 0 Å². The van der Waals surface area contributed by atoms with Crippen molar-refractivity contribution in [3.63, 3.8) is 0 Å². The third kappa shape index (κ3) is 6.87. The Kier molecular flexibility index (Phi) is 7.43. The molecule has 1 fully saturated rings. The summed E-state index contributed by atoms with van der Waals surface area (Å²) in [7, 11) is 1.74. The first-order valence-electron chi connectivity index (χ1n) is 9.74. The van der Waals surface area contributed by atoms with Crippen LogP contribution in [0.1, 0.15) is 45.6 Å². The van der Waals surface area contributed by atoms with E-state index >= 15 is 0 Å². The van der Waals surface area contributed by atoms with Gasteiger partial charge in [0.15, 0.2) is 0 Å². The summed E-state index contributed by atoms with van der Waals surface area (Å²) in [5.41, 5.74) is 0.237. The number of carbonyl (C=O) groups is 3. The highest BCUT2D eigenvalue weighted by molar-refractivity contribution is 5.91. The number of likely N-dealkylation sites (tertiary alicyclic amines) is 1. The molecule has 1 aliphatic rings. The van der Waals surface area contributed by atoms with E-state index in [1.165, 1.54) is 0 Å². The van der Waals surface area contributed by atoms with Crippen molar-refractivity contribution >= 4 is 17.9 Å². The number of likely N-dealkylation sites (N-methyl/N-ethyl adjacent to an activating group) is 1. The van der Waals surface area contributed by atoms with Gasteiger partial charge >= 0.3 is 6.09 Å². The number of hydrogen-bond acceptors (Lipinski definition) is 4. The molecule has 1 aliphatic heterocycles. The summed E-state index contributed by atoms with van der Waals surface area (Å²) < 4.78 is 5.30. The molecule has 1 heterocycles. The Morgan fingerprint density at radius 3 is 2.54 bits per heavy atom. The number of carbonyl (C=O) groups excluding carboxylic acids is 3. The number of alkyl carbamates (subject to hydrolysis) is 1. The number of amides is 3. The quantitative estimate of drug-likeness (QED) is 0.809. The van der Waals surface area contributed by atoms with E-state index in [0.29, 0.717) is 19.4 Å². The maximum atomic E-state index is 12.9. The van der Waals surface area contributed by atoms with E-state index in [4.69, 9.17) is 4.74 Å². The van der Waals surface area contributed by atoms with E-state index in [9.17, 15) is 14.4 Å². The van der Waals surface area contributed by atoms with Gasteiger partial charge in [-0.25, -0.2) is 4.79 Å². The van der Waals surface area contributed by atoms with Crippen molar-refractivity contribution in [1.82, 2.24) is 15.5 Å². The van der Waals surface area contributed by atoms with Crippen molar-refractivity contribution in [3.05, 3.63) is 35.9 Å². The molecule has 2 unspecified atom stereocenters. The van der Waals surface area contributed by atoms with E-state index in [0.717, 1.165) is 18.4 Å². The Hall–Kier alpha value is -2.57. The molecule has 0 bridgehead atoms. The zero-order valence-electron chi connectivity index (χ0n) is 17.2. The molecular formula is C21H31N3O4. The van der Waals surface area contributed by atoms with Crippen molar-refractivity contribution in [3.8, 4) is 0 Å². The van der Waals surface area contributed by atoms with Gasteiger partial charge in [-0.2, -0.15) is 0 Å². The molecule has 1 aromatic rings. The van der Waals surface area contributed by atoms with Crippen molar-refractivity contribution in [2.24, 2.45) is 0 Å². The SMILES string of the molecule is CN1CCCCC(NC(=O)C(Cc2ccccc2)NC(=O)OC(C)(C)C)C1=O. The summed E-state index contributed by atoms with van der Waals surface area (Å²) in [5, 5.41) is 5.48. The van der Waals surface area contributed by atoms with Crippen molar-refractivity contribution in [2.75, 3.05) is 13.6 Å². The number of benzene rings is 1. The maximum Gasteiger partial charge on any atom is 0.408 e. The average molecular weight is 389 g/mol. The number of hydrogen-bond donors (Lipinski definition) is 2. The van der Waals surface area contributed by atoms with Gasteiger partial charge in [-0.05, 0) is 45.6 Å². The second kappa shape index (κ2) is 9.57. The molecule has 2 atom stereocenters. The van der Waals surface area contributed by atoms with E-state index in [1.54, 1.807) is 32.7 Å². The molecule has 0 spiro atoms. The van der Waals surface area contributed by atoms with Crippen LogP contribution < -0.4 is 10.6 Å². The van der Waals surface area contributed by atoms with Crippen LogP contribution in [0, 0.1) is 0 Å². The fourth-order valence-electron chi connectivity index (χ4n) is 3.11. The minimum atomic E-state index is -0.835. The summed E-state index contributed by atoms with van der Waals surface area (Å²) >= 11 is 0. The topological polar surface area (TPSA) is 87.7 Å². The van der Waals surface area contributed by atoms with E-state index in [-0.39, 0.29) is 11.8 Å². The maximum absolute atomic E-state index is 12.9. The normalized spacial score (nSPS) is 18.8. The Balaban J connectivity index is 2.11. The van der Waals surface area contributed by atoms with Crippen LogP contribution >= 0.6 is 0 Å². The van der Waals surface area contributed by atoms with Gasteiger partial charge < -0.3 is 20.3 Å². The first kappa shape index (κ1) is 21.7. The van der Waals surface area contributed by atoms with Crippen molar-refractivity contribution in [1.29, 1.82) is 0 Å². The molecule has 1 aromatic carbocycles. The molecule has 1 saturated heterocycles. The van der Waals surface area contributed by atoms with Crippen molar-refractivity contribution < 1.29 is 19.1 Å². The number of nitrogens with one attached hydrogen (secondary N) is 2. The molecule has 0 aromatic heterocycles. The summed E-state index contributed by atoms with van der Waals surface area (Å²) in [6.07, 6.45) is 2.03. The fraction of sp³-hybridized carbons (Fsp3) is 0.571. The van der Waals surface area contributed by atoms with Crippen molar-refractivity contribution in [2.45, 2.75) is 64.1 Å². The summed E-state index contributed by atoms with van der Waals surface area (Å²) in [6.45, 7) is 5.98. The molecular weight excluding hydrogens is 358 g/mol. The second-order valence-electron chi connectivity index (χ2n) is 8.21. The van der Waals surface area contributed by atoms with Crippen LogP contribution in [0.25, 0.3) is 0 Å². The second-order valence-corrected chi connectivity index (χ2v) is 8.21. The summed E-state index contributed by atoms with van der Waals surface area (Å²) in [5.74, 6) is -0.482. The summed E-state index contributed by atoms with van der Waals surface area (Å²) in [6, 6.07) is 8.02. The Bertz CT molecular complexity index is 685. The smallest absolute Gasteiger partial charge is 0.408 e. The average Bonchev–Trinajstić information content (AvgIpc) is 2.76. The van der Waals surface area contributed by atoms with E-state index < -0.39 is 23.8 Å². The third-order valence-corrected chi connectivity index (χ3v) is 4.52. The number of ether oxygens (including phenoxy) is 1. The zero-order chi connectivity index (χ0) is 20.7. The predicted molar refractivity (Wildman–Crippen MR) is 107 cm³/mol. The lowest BCUT2D eigenvalue weighted by Crippen LogP contribution is -2.54. The predicted octanol–water partition coefficient (Wildman–Crippen LogP) is 2.25. The molecule has 2 rings (SSSR count). The van der Waals surface area contributed by atoms with E-state index in [1.807, 2.05) is 30.3 Å². The highest BCUT2D eigenvalue weighted by atomic mass is 16.6. The molecule has 7 heteroatoms. The van der Waals surface area contributed by atoms with Crippen LogP contribution in [0.4, 0.5) is 4.79 Å². The van der Waals surface area contributed by atoms with Gasteiger partial charge in [0.1, 0.15) is 17.7 Å². The van der Waals surface area contributed by atoms with Crippen LogP contribution in [0.15, 0.2) is 30.3 Å².